The van der Waals surface area contributed by atoms with Gasteiger partial charge in [0.15, 0.2) is 5.78 Å². The lowest BCUT2D eigenvalue weighted by atomic mass is 9.91. The average molecular weight is 254 g/mol. The minimum atomic E-state index is 0.262. The topological polar surface area (TPSA) is 26.3 Å². The van der Waals surface area contributed by atoms with Crippen LogP contribution in [0, 0.1) is 5.92 Å². The van der Waals surface area contributed by atoms with E-state index in [4.69, 9.17) is 4.74 Å². The van der Waals surface area contributed by atoms with Crippen LogP contribution in [0.5, 0.6) is 0 Å². The first kappa shape index (κ1) is 12.4. The lowest BCUT2D eigenvalue weighted by Crippen LogP contribution is -2.18. The van der Waals surface area contributed by atoms with Crippen LogP contribution >= 0.6 is 0 Å². The second kappa shape index (κ2) is 5.54. The highest BCUT2D eigenvalue weighted by molar-refractivity contribution is 6.00. The van der Waals surface area contributed by atoms with Gasteiger partial charge in [0, 0.05) is 25.2 Å². The molecule has 0 atom stereocenters. The molecule has 0 spiro atoms. The monoisotopic (exact) mass is 254 g/mol. The summed E-state index contributed by atoms with van der Waals surface area (Å²) >= 11 is 0. The SMILES string of the molecule is O=C(CC1CCOCC1)c1ccc2ccccc2c1. The first-order chi connectivity index (χ1) is 9.33. The fraction of sp³-hybridized carbons (Fsp3) is 0.353. The second-order valence-electron chi connectivity index (χ2n) is 5.24. The van der Waals surface area contributed by atoms with Gasteiger partial charge in [-0.1, -0.05) is 36.4 Å². The van der Waals surface area contributed by atoms with Gasteiger partial charge in [0.2, 0.25) is 0 Å². The zero-order chi connectivity index (χ0) is 13.1. The van der Waals surface area contributed by atoms with Gasteiger partial charge in [0.1, 0.15) is 0 Å². The van der Waals surface area contributed by atoms with Crippen LogP contribution in [0.2, 0.25) is 0 Å². The molecule has 0 saturated carbocycles. The number of hydrogen-bond donors (Lipinski definition) is 0. The van der Waals surface area contributed by atoms with Crippen LogP contribution < -0.4 is 0 Å². The van der Waals surface area contributed by atoms with Gasteiger partial charge in [-0.3, -0.25) is 4.79 Å². The summed E-state index contributed by atoms with van der Waals surface area (Å²) in [5.74, 6) is 0.755. The number of ether oxygens (including phenoxy) is 1. The summed E-state index contributed by atoms with van der Waals surface area (Å²) in [6.45, 7) is 1.60. The molecule has 0 N–H and O–H groups in total. The van der Waals surface area contributed by atoms with Crippen LogP contribution in [0.1, 0.15) is 29.6 Å². The first-order valence-corrected chi connectivity index (χ1v) is 6.93. The highest BCUT2D eigenvalue weighted by atomic mass is 16.5. The maximum absolute atomic E-state index is 12.3. The van der Waals surface area contributed by atoms with Crippen molar-refractivity contribution in [1.29, 1.82) is 0 Å². The van der Waals surface area contributed by atoms with Crippen molar-refractivity contribution in [2.45, 2.75) is 19.3 Å². The van der Waals surface area contributed by atoms with Gasteiger partial charge in [0.25, 0.3) is 0 Å². The number of fused-ring (bicyclic) bond motifs is 1. The van der Waals surface area contributed by atoms with Crippen molar-refractivity contribution in [2.24, 2.45) is 5.92 Å². The summed E-state index contributed by atoms with van der Waals surface area (Å²) in [4.78, 5) is 12.3. The van der Waals surface area contributed by atoms with Crippen molar-refractivity contribution >= 4 is 16.6 Å². The van der Waals surface area contributed by atoms with Gasteiger partial charge in [-0.2, -0.15) is 0 Å². The molecule has 19 heavy (non-hydrogen) atoms. The molecule has 2 aromatic rings. The predicted molar refractivity (Wildman–Crippen MR) is 76.4 cm³/mol. The van der Waals surface area contributed by atoms with E-state index >= 15 is 0 Å². The molecule has 1 heterocycles. The number of ketones is 1. The number of Topliss-reactive ketones (excluding diaryl/α,β-unsaturated/α-hetero) is 1. The zero-order valence-electron chi connectivity index (χ0n) is 11.0. The van der Waals surface area contributed by atoms with Crippen LogP contribution in [-0.2, 0) is 4.74 Å². The van der Waals surface area contributed by atoms with E-state index < -0.39 is 0 Å². The van der Waals surface area contributed by atoms with E-state index in [-0.39, 0.29) is 5.78 Å². The third-order valence-corrected chi connectivity index (χ3v) is 3.89. The molecule has 2 aromatic carbocycles. The molecule has 0 bridgehead atoms. The number of carbonyl (C=O) groups is 1. The van der Waals surface area contributed by atoms with Gasteiger partial charge in [0.05, 0.1) is 0 Å². The number of hydrogen-bond acceptors (Lipinski definition) is 2. The predicted octanol–water partition coefficient (Wildman–Crippen LogP) is 3.84. The lowest BCUT2D eigenvalue weighted by Gasteiger charge is -2.21. The summed E-state index contributed by atoms with van der Waals surface area (Å²) in [7, 11) is 0. The standard InChI is InChI=1S/C17H18O2/c18-17(11-13-7-9-19-10-8-13)16-6-5-14-3-1-2-4-15(14)12-16/h1-6,12-13H,7-11H2. The molecule has 2 nitrogen and oxygen atoms in total. The van der Waals surface area contributed by atoms with Crippen LogP contribution in [0.15, 0.2) is 42.5 Å². The van der Waals surface area contributed by atoms with E-state index in [0.29, 0.717) is 12.3 Å². The van der Waals surface area contributed by atoms with Gasteiger partial charge >= 0.3 is 0 Å². The largest absolute Gasteiger partial charge is 0.381 e. The Morgan fingerprint density at radius 3 is 2.58 bits per heavy atom. The highest BCUT2D eigenvalue weighted by Gasteiger charge is 2.18. The molecule has 1 saturated heterocycles. The van der Waals surface area contributed by atoms with Crippen LogP contribution in [-0.4, -0.2) is 19.0 Å². The Bertz CT molecular complexity index is 583. The van der Waals surface area contributed by atoms with Crippen LogP contribution in [0.4, 0.5) is 0 Å². The van der Waals surface area contributed by atoms with Crippen molar-refractivity contribution in [1.82, 2.24) is 0 Å². The molecule has 1 aliphatic heterocycles. The molecular weight excluding hydrogens is 236 g/mol. The minimum absolute atomic E-state index is 0.262. The van der Waals surface area contributed by atoms with E-state index in [9.17, 15) is 4.79 Å². The maximum atomic E-state index is 12.3. The van der Waals surface area contributed by atoms with E-state index in [1.165, 1.54) is 5.39 Å². The Morgan fingerprint density at radius 2 is 1.79 bits per heavy atom. The molecule has 1 fully saturated rings. The summed E-state index contributed by atoms with van der Waals surface area (Å²) in [6, 6.07) is 14.1. The molecule has 0 aromatic heterocycles. The molecule has 0 amide bonds. The molecule has 0 radical (unpaired) electrons. The van der Waals surface area contributed by atoms with Crippen molar-refractivity contribution in [3.05, 3.63) is 48.0 Å². The number of rotatable bonds is 3. The van der Waals surface area contributed by atoms with Crippen molar-refractivity contribution in [3.8, 4) is 0 Å². The molecule has 2 heteroatoms. The third-order valence-electron chi connectivity index (χ3n) is 3.89. The van der Waals surface area contributed by atoms with E-state index in [2.05, 4.69) is 12.1 Å². The molecule has 3 rings (SSSR count). The Labute approximate surface area is 113 Å². The number of carbonyl (C=O) groups excluding carboxylic acids is 1. The molecule has 0 unspecified atom stereocenters. The second-order valence-corrected chi connectivity index (χ2v) is 5.24. The van der Waals surface area contributed by atoms with Gasteiger partial charge < -0.3 is 4.74 Å². The summed E-state index contributed by atoms with van der Waals surface area (Å²) in [5, 5.41) is 2.32. The lowest BCUT2D eigenvalue weighted by molar-refractivity contribution is 0.0601. The number of benzene rings is 2. The van der Waals surface area contributed by atoms with Crippen LogP contribution in [0.25, 0.3) is 10.8 Å². The summed E-state index contributed by atoms with van der Waals surface area (Å²) in [6.07, 6.45) is 2.68. The zero-order valence-corrected chi connectivity index (χ0v) is 11.0. The Balaban J connectivity index is 1.77. The van der Waals surface area contributed by atoms with Gasteiger partial charge in [-0.15, -0.1) is 0 Å². The molecule has 1 aliphatic rings. The quantitative estimate of drug-likeness (QED) is 0.778. The fourth-order valence-electron chi connectivity index (χ4n) is 2.69. The third kappa shape index (κ3) is 2.85. The average Bonchev–Trinajstić information content (AvgIpc) is 2.48. The first-order valence-electron chi connectivity index (χ1n) is 6.93. The normalized spacial score (nSPS) is 16.6. The van der Waals surface area contributed by atoms with Gasteiger partial charge in [-0.25, -0.2) is 0 Å². The molecular formula is C17H18O2. The maximum Gasteiger partial charge on any atom is 0.163 e. The Morgan fingerprint density at radius 1 is 1.05 bits per heavy atom. The summed E-state index contributed by atoms with van der Waals surface area (Å²) in [5.41, 5.74) is 0.838. The Hall–Kier alpha value is -1.67. The van der Waals surface area contributed by atoms with Crippen molar-refractivity contribution in [2.75, 3.05) is 13.2 Å². The highest BCUT2D eigenvalue weighted by Crippen LogP contribution is 2.22. The van der Waals surface area contributed by atoms with E-state index in [1.54, 1.807) is 0 Å². The minimum Gasteiger partial charge on any atom is -0.381 e. The summed E-state index contributed by atoms with van der Waals surface area (Å²) < 4.78 is 5.33. The smallest absolute Gasteiger partial charge is 0.163 e. The molecule has 0 aliphatic carbocycles. The van der Waals surface area contributed by atoms with E-state index in [1.807, 2.05) is 30.3 Å². The fourth-order valence-corrected chi connectivity index (χ4v) is 2.69. The molecule has 98 valence electrons. The van der Waals surface area contributed by atoms with Gasteiger partial charge in [-0.05, 0) is 35.6 Å². The Kier molecular flexibility index (Phi) is 3.60. The van der Waals surface area contributed by atoms with Crippen molar-refractivity contribution < 1.29 is 9.53 Å². The van der Waals surface area contributed by atoms with Crippen LogP contribution in [0.3, 0.4) is 0 Å². The van der Waals surface area contributed by atoms with E-state index in [0.717, 1.165) is 37.0 Å². The van der Waals surface area contributed by atoms with Crippen molar-refractivity contribution in [3.63, 3.8) is 0 Å².